The van der Waals surface area contributed by atoms with E-state index in [0.29, 0.717) is 24.3 Å². The highest BCUT2D eigenvalue weighted by Gasteiger charge is 2.35. The molecule has 1 atom stereocenters. The van der Waals surface area contributed by atoms with Gasteiger partial charge in [-0.15, -0.1) is 0 Å². The van der Waals surface area contributed by atoms with Crippen molar-refractivity contribution in [3.63, 3.8) is 0 Å². The van der Waals surface area contributed by atoms with E-state index in [0.717, 1.165) is 29.9 Å². The largest absolute Gasteiger partial charge is 0.359 e. The molecule has 1 saturated heterocycles. The van der Waals surface area contributed by atoms with Crippen molar-refractivity contribution in [3.8, 4) is 0 Å². The third-order valence-corrected chi connectivity index (χ3v) is 5.23. The van der Waals surface area contributed by atoms with Crippen LogP contribution < -0.4 is 4.90 Å². The van der Waals surface area contributed by atoms with E-state index >= 15 is 0 Å². The van der Waals surface area contributed by atoms with Gasteiger partial charge in [0, 0.05) is 44.7 Å². The van der Waals surface area contributed by atoms with Crippen molar-refractivity contribution in [2.45, 2.75) is 38.1 Å². The van der Waals surface area contributed by atoms with Crippen molar-refractivity contribution in [1.29, 1.82) is 0 Å². The molecule has 1 N–H and O–H groups in total. The number of anilines is 1. The number of hydrogen-bond donors (Lipinski definition) is 1. The summed E-state index contributed by atoms with van der Waals surface area (Å²) in [4.78, 5) is 28.4. The highest BCUT2D eigenvalue weighted by molar-refractivity contribution is 5.87. The molecule has 0 radical (unpaired) electrons. The van der Waals surface area contributed by atoms with Crippen LogP contribution in [0.15, 0.2) is 18.6 Å². The summed E-state index contributed by atoms with van der Waals surface area (Å²) < 4.78 is 0. The number of carbonyl (C=O) groups excluding carboxylic acids is 1. The average Bonchev–Trinajstić information content (AvgIpc) is 3.26. The van der Waals surface area contributed by atoms with Crippen LogP contribution in [0.4, 0.5) is 5.82 Å². The lowest BCUT2D eigenvalue weighted by Gasteiger charge is -2.26. The van der Waals surface area contributed by atoms with Gasteiger partial charge in [0.05, 0.1) is 5.39 Å². The Bertz CT molecular complexity index is 706. The Morgan fingerprint density at radius 1 is 1.35 bits per heavy atom. The van der Waals surface area contributed by atoms with Crippen LogP contribution in [0, 0.1) is 5.92 Å². The second-order valence-corrected chi connectivity index (χ2v) is 6.87. The second kappa shape index (κ2) is 5.83. The molecule has 0 bridgehead atoms. The Hall–Kier alpha value is -2.11. The van der Waals surface area contributed by atoms with Crippen LogP contribution in [0.5, 0.6) is 0 Å². The SMILES string of the molecule is CN(CC1CC(=O)N(C2CCCC2)C1)c1ncnc2[nH]ccc12. The molecule has 6 nitrogen and oxygen atoms in total. The van der Waals surface area contributed by atoms with Gasteiger partial charge in [-0.05, 0) is 18.9 Å². The number of hydrogen-bond acceptors (Lipinski definition) is 4. The minimum Gasteiger partial charge on any atom is -0.359 e. The normalized spacial score (nSPS) is 22.4. The van der Waals surface area contributed by atoms with Crippen molar-refractivity contribution < 1.29 is 4.79 Å². The summed E-state index contributed by atoms with van der Waals surface area (Å²) in [6.45, 7) is 1.75. The number of aromatic amines is 1. The van der Waals surface area contributed by atoms with E-state index in [9.17, 15) is 4.79 Å². The van der Waals surface area contributed by atoms with Crippen LogP contribution in [0.2, 0.25) is 0 Å². The van der Waals surface area contributed by atoms with Crippen LogP contribution in [0.25, 0.3) is 11.0 Å². The molecule has 1 aliphatic carbocycles. The number of aromatic nitrogens is 3. The van der Waals surface area contributed by atoms with Crippen molar-refractivity contribution in [1.82, 2.24) is 19.9 Å². The van der Waals surface area contributed by atoms with Gasteiger partial charge in [0.25, 0.3) is 0 Å². The number of amides is 1. The van der Waals surface area contributed by atoms with E-state index in [-0.39, 0.29) is 0 Å². The molecule has 1 aliphatic heterocycles. The summed E-state index contributed by atoms with van der Waals surface area (Å²) in [5, 5.41) is 1.03. The summed E-state index contributed by atoms with van der Waals surface area (Å²) in [5.74, 6) is 1.66. The van der Waals surface area contributed by atoms with Crippen LogP contribution in [0.1, 0.15) is 32.1 Å². The Morgan fingerprint density at radius 3 is 3.00 bits per heavy atom. The number of carbonyl (C=O) groups is 1. The van der Waals surface area contributed by atoms with Crippen molar-refractivity contribution in [2.75, 3.05) is 25.0 Å². The number of likely N-dealkylation sites (tertiary alicyclic amines) is 1. The van der Waals surface area contributed by atoms with E-state index in [2.05, 4.69) is 31.8 Å². The third-order valence-electron chi connectivity index (χ3n) is 5.23. The van der Waals surface area contributed by atoms with Gasteiger partial charge in [-0.1, -0.05) is 12.8 Å². The lowest BCUT2D eigenvalue weighted by atomic mass is 10.1. The topological polar surface area (TPSA) is 65.1 Å². The summed E-state index contributed by atoms with van der Waals surface area (Å²) in [7, 11) is 2.05. The van der Waals surface area contributed by atoms with Gasteiger partial charge in [0.15, 0.2) is 0 Å². The summed E-state index contributed by atoms with van der Waals surface area (Å²) in [5.41, 5.74) is 0.858. The highest BCUT2D eigenvalue weighted by Crippen LogP contribution is 2.30. The molecule has 4 rings (SSSR count). The predicted octanol–water partition coefficient (Wildman–Crippen LogP) is 2.19. The number of nitrogens with zero attached hydrogens (tertiary/aromatic N) is 4. The second-order valence-electron chi connectivity index (χ2n) is 6.87. The zero-order chi connectivity index (χ0) is 15.8. The van der Waals surface area contributed by atoms with Gasteiger partial charge in [0.1, 0.15) is 17.8 Å². The minimum atomic E-state index is 0.338. The maximum Gasteiger partial charge on any atom is 0.223 e. The van der Waals surface area contributed by atoms with E-state index in [1.54, 1.807) is 6.33 Å². The van der Waals surface area contributed by atoms with Crippen molar-refractivity contribution >= 4 is 22.8 Å². The molecule has 1 saturated carbocycles. The van der Waals surface area contributed by atoms with Gasteiger partial charge < -0.3 is 14.8 Å². The fourth-order valence-corrected chi connectivity index (χ4v) is 4.14. The predicted molar refractivity (Wildman–Crippen MR) is 89.2 cm³/mol. The fraction of sp³-hybridized carbons (Fsp3) is 0.588. The third kappa shape index (κ3) is 2.66. The summed E-state index contributed by atoms with van der Waals surface area (Å²) in [6.07, 6.45) is 9.06. The molecular formula is C17H23N5O. The molecule has 0 aromatic carbocycles. The summed E-state index contributed by atoms with van der Waals surface area (Å²) >= 11 is 0. The average molecular weight is 313 g/mol. The standard InChI is InChI=1S/C17H23N5O/c1-21(17-14-6-7-18-16(14)19-11-20-17)9-12-8-15(23)22(10-12)13-4-2-3-5-13/h6-7,11-13H,2-5,8-10H2,1H3,(H,18,19,20). The van der Waals surface area contributed by atoms with E-state index in [1.165, 1.54) is 25.7 Å². The van der Waals surface area contributed by atoms with E-state index in [1.807, 2.05) is 12.3 Å². The zero-order valence-electron chi connectivity index (χ0n) is 13.5. The maximum absolute atomic E-state index is 12.3. The molecule has 1 unspecified atom stereocenters. The molecule has 122 valence electrons. The minimum absolute atomic E-state index is 0.338. The Morgan fingerprint density at radius 2 is 2.17 bits per heavy atom. The molecule has 2 aromatic heterocycles. The van der Waals surface area contributed by atoms with Crippen LogP contribution in [-0.2, 0) is 4.79 Å². The number of H-pyrrole nitrogens is 1. The molecule has 3 heterocycles. The molecule has 2 aromatic rings. The first-order valence-electron chi connectivity index (χ1n) is 8.51. The molecule has 23 heavy (non-hydrogen) atoms. The quantitative estimate of drug-likeness (QED) is 0.939. The van der Waals surface area contributed by atoms with E-state index in [4.69, 9.17) is 0 Å². The Labute approximate surface area is 135 Å². The van der Waals surface area contributed by atoms with Gasteiger partial charge in [-0.25, -0.2) is 9.97 Å². The monoisotopic (exact) mass is 313 g/mol. The first kappa shape index (κ1) is 14.5. The first-order chi connectivity index (χ1) is 11.2. The first-order valence-corrected chi connectivity index (χ1v) is 8.51. The Kier molecular flexibility index (Phi) is 3.67. The molecular weight excluding hydrogens is 290 g/mol. The molecule has 0 spiro atoms. The number of nitrogens with one attached hydrogen (secondary N) is 1. The van der Waals surface area contributed by atoms with Gasteiger partial charge in [-0.2, -0.15) is 0 Å². The Balaban J connectivity index is 1.46. The molecule has 1 amide bonds. The maximum atomic E-state index is 12.3. The van der Waals surface area contributed by atoms with Crippen molar-refractivity contribution in [3.05, 3.63) is 18.6 Å². The van der Waals surface area contributed by atoms with E-state index < -0.39 is 0 Å². The lowest BCUT2D eigenvalue weighted by Crippen LogP contribution is -2.35. The molecule has 2 aliphatic rings. The van der Waals surface area contributed by atoms with Gasteiger partial charge in [-0.3, -0.25) is 4.79 Å². The van der Waals surface area contributed by atoms with Crippen LogP contribution in [0.3, 0.4) is 0 Å². The highest BCUT2D eigenvalue weighted by atomic mass is 16.2. The molecule has 2 fully saturated rings. The van der Waals surface area contributed by atoms with Crippen LogP contribution >= 0.6 is 0 Å². The van der Waals surface area contributed by atoms with Gasteiger partial charge >= 0.3 is 0 Å². The number of fused-ring (bicyclic) bond motifs is 1. The fourth-order valence-electron chi connectivity index (χ4n) is 4.14. The lowest BCUT2D eigenvalue weighted by molar-refractivity contribution is -0.129. The smallest absolute Gasteiger partial charge is 0.223 e. The summed E-state index contributed by atoms with van der Waals surface area (Å²) in [6, 6.07) is 2.50. The zero-order valence-corrected chi connectivity index (χ0v) is 13.5. The molecule has 6 heteroatoms. The van der Waals surface area contributed by atoms with Crippen molar-refractivity contribution in [2.24, 2.45) is 5.92 Å². The van der Waals surface area contributed by atoms with Gasteiger partial charge in [0.2, 0.25) is 5.91 Å². The number of rotatable bonds is 4. The van der Waals surface area contributed by atoms with Crippen LogP contribution in [-0.4, -0.2) is 51.9 Å².